The van der Waals surface area contributed by atoms with Crippen LogP contribution in [0.25, 0.3) is 0 Å². The van der Waals surface area contributed by atoms with Crippen molar-refractivity contribution < 1.29 is 14.6 Å². The van der Waals surface area contributed by atoms with Gasteiger partial charge >= 0.3 is 5.97 Å². The Labute approximate surface area is 119 Å². The molecule has 0 unspecified atom stereocenters. The van der Waals surface area contributed by atoms with Gasteiger partial charge in [0, 0.05) is 18.8 Å². The highest BCUT2D eigenvalue weighted by molar-refractivity contribution is 5.84. The fraction of sp³-hybridized carbons (Fsp3) is 0.562. The van der Waals surface area contributed by atoms with Gasteiger partial charge in [0.25, 0.3) is 0 Å². The number of carboxylic acids is 1. The molecule has 0 spiro atoms. The van der Waals surface area contributed by atoms with Crippen molar-refractivity contribution in [2.75, 3.05) is 31.2 Å². The molecule has 3 rings (SSSR count). The zero-order valence-electron chi connectivity index (χ0n) is 11.7. The van der Waals surface area contributed by atoms with Gasteiger partial charge in [-0.25, -0.2) is 0 Å². The summed E-state index contributed by atoms with van der Waals surface area (Å²) < 4.78 is 5.40. The van der Waals surface area contributed by atoms with Crippen molar-refractivity contribution in [3.8, 4) is 0 Å². The number of hydrogen-bond acceptors (Lipinski definition) is 3. The smallest absolute Gasteiger partial charge is 0.314 e. The molecule has 1 saturated heterocycles. The Morgan fingerprint density at radius 2 is 1.80 bits per heavy atom. The number of carbonyl (C=O) groups is 1. The average Bonchev–Trinajstić information content (AvgIpc) is 2.99. The second-order valence-electron chi connectivity index (χ2n) is 5.71. The number of aliphatic carboxylic acids is 1. The largest absolute Gasteiger partial charge is 0.481 e. The van der Waals surface area contributed by atoms with Crippen molar-refractivity contribution in [2.45, 2.75) is 31.1 Å². The van der Waals surface area contributed by atoms with E-state index in [4.69, 9.17) is 4.74 Å². The SMILES string of the molecule is O=C(O)C1(c2ccccc2N2CCOCC2)CCCC1. The summed E-state index contributed by atoms with van der Waals surface area (Å²) in [7, 11) is 0. The van der Waals surface area contributed by atoms with E-state index in [0.29, 0.717) is 13.2 Å². The Bertz CT molecular complexity index is 488. The Morgan fingerprint density at radius 3 is 2.45 bits per heavy atom. The second kappa shape index (κ2) is 5.44. The quantitative estimate of drug-likeness (QED) is 0.920. The zero-order chi connectivity index (χ0) is 14.0. The van der Waals surface area contributed by atoms with Crippen molar-refractivity contribution >= 4 is 11.7 Å². The fourth-order valence-electron chi connectivity index (χ4n) is 3.54. The third-order valence-electron chi connectivity index (χ3n) is 4.64. The first-order valence-corrected chi connectivity index (χ1v) is 7.40. The van der Waals surface area contributed by atoms with Crippen LogP contribution >= 0.6 is 0 Å². The minimum atomic E-state index is -0.686. The molecule has 1 aromatic carbocycles. The van der Waals surface area contributed by atoms with E-state index in [1.54, 1.807) is 0 Å². The number of rotatable bonds is 3. The molecule has 108 valence electrons. The summed E-state index contributed by atoms with van der Waals surface area (Å²) >= 11 is 0. The number of carboxylic acid groups (broad SMARTS) is 1. The summed E-state index contributed by atoms with van der Waals surface area (Å²) in [5.41, 5.74) is 1.39. The summed E-state index contributed by atoms with van der Waals surface area (Å²) in [4.78, 5) is 14.2. The standard InChI is InChI=1S/C16H21NO3/c18-15(19)16(7-3-4-8-16)13-5-1-2-6-14(13)17-9-11-20-12-10-17/h1-2,5-6H,3-4,7-12H2,(H,18,19). The maximum absolute atomic E-state index is 11.9. The lowest BCUT2D eigenvalue weighted by Gasteiger charge is -2.35. The number of hydrogen-bond donors (Lipinski definition) is 1. The third-order valence-corrected chi connectivity index (χ3v) is 4.64. The molecule has 1 aromatic rings. The normalized spacial score (nSPS) is 21.9. The molecule has 0 amide bonds. The first-order chi connectivity index (χ1) is 9.74. The van der Waals surface area contributed by atoms with Crippen LogP contribution in [-0.2, 0) is 14.9 Å². The molecule has 4 nitrogen and oxygen atoms in total. The van der Waals surface area contributed by atoms with Crippen LogP contribution in [0.1, 0.15) is 31.2 Å². The van der Waals surface area contributed by atoms with Crippen LogP contribution in [0, 0.1) is 0 Å². The molecule has 0 radical (unpaired) electrons. The van der Waals surface area contributed by atoms with E-state index in [9.17, 15) is 9.90 Å². The van der Waals surface area contributed by atoms with Gasteiger partial charge in [-0.15, -0.1) is 0 Å². The van der Waals surface area contributed by atoms with Gasteiger partial charge in [-0.05, 0) is 24.5 Å². The highest BCUT2D eigenvalue weighted by Crippen LogP contribution is 2.45. The molecular formula is C16H21NO3. The highest BCUT2D eigenvalue weighted by Gasteiger charge is 2.44. The van der Waals surface area contributed by atoms with Gasteiger partial charge in [-0.1, -0.05) is 31.0 Å². The second-order valence-corrected chi connectivity index (χ2v) is 5.71. The van der Waals surface area contributed by atoms with Crippen molar-refractivity contribution in [3.63, 3.8) is 0 Å². The topological polar surface area (TPSA) is 49.8 Å². The lowest BCUT2D eigenvalue weighted by Crippen LogP contribution is -2.40. The molecule has 4 heteroatoms. The van der Waals surface area contributed by atoms with Gasteiger partial charge in [0.1, 0.15) is 0 Å². The van der Waals surface area contributed by atoms with Crippen molar-refractivity contribution in [2.24, 2.45) is 0 Å². The van der Waals surface area contributed by atoms with E-state index < -0.39 is 11.4 Å². The molecule has 20 heavy (non-hydrogen) atoms. The Kier molecular flexibility index (Phi) is 3.66. The molecule has 1 aliphatic carbocycles. The number of nitrogens with zero attached hydrogens (tertiary/aromatic N) is 1. The van der Waals surface area contributed by atoms with Crippen molar-refractivity contribution in [1.82, 2.24) is 0 Å². The first-order valence-electron chi connectivity index (χ1n) is 7.40. The van der Waals surface area contributed by atoms with Gasteiger partial charge in [0.05, 0.1) is 18.6 Å². The van der Waals surface area contributed by atoms with Crippen LogP contribution in [0.2, 0.25) is 0 Å². The van der Waals surface area contributed by atoms with E-state index in [2.05, 4.69) is 11.0 Å². The molecule has 0 aromatic heterocycles. The molecule has 0 bridgehead atoms. The first kappa shape index (κ1) is 13.4. The molecule has 1 N–H and O–H groups in total. The fourth-order valence-corrected chi connectivity index (χ4v) is 3.54. The highest BCUT2D eigenvalue weighted by atomic mass is 16.5. The van der Waals surface area contributed by atoms with E-state index >= 15 is 0 Å². The molecule has 2 fully saturated rings. The van der Waals surface area contributed by atoms with E-state index in [1.807, 2.05) is 18.2 Å². The maximum atomic E-state index is 11.9. The van der Waals surface area contributed by atoms with E-state index in [0.717, 1.165) is 50.0 Å². The van der Waals surface area contributed by atoms with Crippen LogP contribution in [0.3, 0.4) is 0 Å². The van der Waals surface area contributed by atoms with Gasteiger partial charge in [-0.3, -0.25) is 4.79 Å². The van der Waals surface area contributed by atoms with Gasteiger partial charge in [0.2, 0.25) is 0 Å². The van der Waals surface area contributed by atoms with Crippen LogP contribution in [0.4, 0.5) is 5.69 Å². The van der Waals surface area contributed by atoms with E-state index in [1.165, 1.54) is 0 Å². The lowest BCUT2D eigenvalue weighted by atomic mass is 9.78. The van der Waals surface area contributed by atoms with Crippen molar-refractivity contribution in [1.29, 1.82) is 0 Å². The van der Waals surface area contributed by atoms with Crippen LogP contribution in [-0.4, -0.2) is 37.4 Å². The monoisotopic (exact) mass is 275 g/mol. The third kappa shape index (κ3) is 2.18. The number of morpholine rings is 1. The minimum Gasteiger partial charge on any atom is -0.481 e. The summed E-state index contributed by atoms with van der Waals surface area (Å²) in [5.74, 6) is -0.671. The number of para-hydroxylation sites is 1. The minimum absolute atomic E-state index is 0.671. The predicted molar refractivity (Wildman–Crippen MR) is 77.3 cm³/mol. The summed E-state index contributed by atoms with van der Waals surface area (Å²) in [6, 6.07) is 8.02. The average molecular weight is 275 g/mol. The van der Waals surface area contributed by atoms with Gasteiger partial charge in [-0.2, -0.15) is 0 Å². The molecular weight excluding hydrogens is 254 g/mol. The maximum Gasteiger partial charge on any atom is 0.314 e. The lowest BCUT2D eigenvalue weighted by molar-refractivity contribution is -0.143. The number of benzene rings is 1. The molecule has 1 saturated carbocycles. The summed E-state index contributed by atoms with van der Waals surface area (Å²) in [6.07, 6.45) is 3.51. The number of ether oxygens (including phenoxy) is 1. The Hall–Kier alpha value is -1.55. The van der Waals surface area contributed by atoms with Crippen LogP contribution < -0.4 is 4.90 Å². The number of anilines is 1. The predicted octanol–water partition coefficient (Wildman–Crippen LogP) is 2.42. The van der Waals surface area contributed by atoms with Crippen molar-refractivity contribution in [3.05, 3.63) is 29.8 Å². The van der Waals surface area contributed by atoms with Crippen LogP contribution in [0.5, 0.6) is 0 Å². The van der Waals surface area contributed by atoms with E-state index in [-0.39, 0.29) is 0 Å². The summed E-state index contributed by atoms with van der Waals surface area (Å²) in [6.45, 7) is 3.11. The molecule has 2 aliphatic rings. The summed E-state index contributed by atoms with van der Waals surface area (Å²) in [5, 5.41) is 9.80. The molecule has 1 aliphatic heterocycles. The van der Waals surface area contributed by atoms with Gasteiger partial charge < -0.3 is 14.7 Å². The molecule has 1 heterocycles. The Morgan fingerprint density at radius 1 is 1.15 bits per heavy atom. The van der Waals surface area contributed by atoms with Crippen LogP contribution in [0.15, 0.2) is 24.3 Å². The molecule has 0 atom stereocenters. The zero-order valence-corrected chi connectivity index (χ0v) is 11.7. The van der Waals surface area contributed by atoms with Gasteiger partial charge in [0.15, 0.2) is 0 Å². The Balaban J connectivity index is 2.02.